The lowest BCUT2D eigenvalue weighted by atomic mass is 10.2. The van der Waals surface area contributed by atoms with Crippen LogP contribution in [0.15, 0.2) is 52.3 Å². The van der Waals surface area contributed by atoms with Crippen LogP contribution in [0, 0.1) is 10.1 Å². The van der Waals surface area contributed by atoms with E-state index in [0.717, 1.165) is 10.6 Å². The maximum Gasteiger partial charge on any atom is 0.306 e. The van der Waals surface area contributed by atoms with Crippen LogP contribution in [0.4, 0.5) is 11.4 Å². The lowest BCUT2D eigenvalue weighted by Gasteiger charge is -2.08. The van der Waals surface area contributed by atoms with Crippen molar-refractivity contribution in [3.05, 3.63) is 52.6 Å². The molecule has 0 fully saturated rings. The number of rotatable bonds is 5. The van der Waals surface area contributed by atoms with Gasteiger partial charge >= 0.3 is 5.69 Å². The summed E-state index contributed by atoms with van der Waals surface area (Å²) in [6.07, 6.45) is 0. The first kappa shape index (κ1) is 14.2. The Balaban J connectivity index is 2.40. The molecule has 0 saturated carbocycles. The Labute approximate surface area is 121 Å². The Morgan fingerprint density at radius 3 is 2.65 bits per heavy atom. The van der Waals surface area contributed by atoms with E-state index in [9.17, 15) is 10.1 Å². The maximum absolute atomic E-state index is 11.2. The Morgan fingerprint density at radius 2 is 2.00 bits per heavy atom. The fourth-order valence-electron chi connectivity index (χ4n) is 1.79. The van der Waals surface area contributed by atoms with Crippen molar-refractivity contribution in [2.45, 2.75) is 9.79 Å². The van der Waals surface area contributed by atoms with E-state index in [-0.39, 0.29) is 10.6 Å². The second kappa shape index (κ2) is 6.29. The number of hydrogen-bond donors (Lipinski definition) is 1. The van der Waals surface area contributed by atoms with Gasteiger partial charge in [-0.1, -0.05) is 23.9 Å². The average Bonchev–Trinajstić information content (AvgIpc) is 2.46. The number of hydrogen-bond acceptors (Lipinski definition) is 5. The van der Waals surface area contributed by atoms with Crippen molar-refractivity contribution in [1.82, 2.24) is 0 Å². The Morgan fingerprint density at radius 1 is 1.25 bits per heavy atom. The van der Waals surface area contributed by atoms with Gasteiger partial charge in [0.15, 0.2) is 0 Å². The standard InChI is InChI=1S/C14H14N2O3S/c1-15-12-7-4-8-13(14(12)16(17)18)20-11-6-3-5-10(9-11)19-2/h3-9,15H,1-2H3. The van der Waals surface area contributed by atoms with Gasteiger partial charge in [0, 0.05) is 11.9 Å². The summed E-state index contributed by atoms with van der Waals surface area (Å²) in [6, 6.07) is 12.7. The molecule has 0 unspecified atom stereocenters. The third kappa shape index (κ3) is 3.03. The Bertz CT molecular complexity index is 632. The molecular formula is C14H14N2O3S. The summed E-state index contributed by atoms with van der Waals surface area (Å²) >= 11 is 1.34. The van der Waals surface area contributed by atoms with E-state index < -0.39 is 0 Å². The molecule has 0 aliphatic heterocycles. The van der Waals surface area contributed by atoms with E-state index in [1.807, 2.05) is 24.3 Å². The van der Waals surface area contributed by atoms with Gasteiger partial charge in [-0.3, -0.25) is 10.1 Å². The minimum absolute atomic E-state index is 0.0859. The number of nitrogens with one attached hydrogen (secondary N) is 1. The predicted molar refractivity (Wildman–Crippen MR) is 79.8 cm³/mol. The molecule has 2 rings (SSSR count). The van der Waals surface area contributed by atoms with Crippen LogP contribution >= 0.6 is 11.8 Å². The minimum Gasteiger partial charge on any atom is -0.497 e. The van der Waals surface area contributed by atoms with Gasteiger partial charge in [0.05, 0.1) is 16.9 Å². The summed E-state index contributed by atoms with van der Waals surface area (Å²) < 4.78 is 5.16. The molecule has 0 aliphatic rings. The van der Waals surface area contributed by atoms with Crippen molar-refractivity contribution in [3.63, 3.8) is 0 Å². The van der Waals surface area contributed by atoms with Crippen molar-refractivity contribution in [2.24, 2.45) is 0 Å². The molecule has 104 valence electrons. The first-order chi connectivity index (χ1) is 9.65. The molecule has 0 atom stereocenters. The monoisotopic (exact) mass is 290 g/mol. The van der Waals surface area contributed by atoms with Crippen LogP contribution in [0.2, 0.25) is 0 Å². The molecule has 0 heterocycles. The van der Waals surface area contributed by atoms with Gasteiger partial charge in [-0.15, -0.1) is 0 Å². The Hall–Kier alpha value is -2.21. The quantitative estimate of drug-likeness (QED) is 0.670. The van der Waals surface area contributed by atoms with Gasteiger partial charge in [-0.2, -0.15) is 0 Å². The van der Waals surface area contributed by atoms with Crippen LogP contribution in [0.5, 0.6) is 5.75 Å². The van der Waals surface area contributed by atoms with Crippen LogP contribution in [0.25, 0.3) is 0 Å². The number of para-hydroxylation sites is 1. The lowest BCUT2D eigenvalue weighted by Crippen LogP contribution is -1.98. The number of nitro groups is 1. The fraction of sp³-hybridized carbons (Fsp3) is 0.143. The first-order valence-electron chi connectivity index (χ1n) is 5.92. The third-order valence-corrected chi connectivity index (χ3v) is 3.76. The maximum atomic E-state index is 11.2. The summed E-state index contributed by atoms with van der Waals surface area (Å²) in [5.74, 6) is 0.724. The highest BCUT2D eigenvalue weighted by Crippen LogP contribution is 2.39. The summed E-state index contributed by atoms with van der Waals surface area (Å²) in [5, 5.41) is 14.1. The average molecular weight is 290 g/mol. The molecule has 2 aromatic carbocycles. The fourth-order valence-corrected chi connectivity index (χ4v) is 2.79. The van der Waals surface area contributed by atoms with Crippen LogP contribution in [0.3, 0.4) is 0 Å². The number of ether oxygens (including phenoxy) is 1. The van der Waals surface area contributed by atoms with Gasteiger partial charge < -0.3 is 10.1 Å². The zero-order chi connectivity index (χ0) is 14.5. The highest BCUT2D eigenvalue weighted by atomic mass is 32.2. The third-order valence-electron chi connectivity index (χ3n) is 2.72. The molecule has 5 nitrogen and oxygen atoms in total. The number of methoxy groups -OCH3 is 1. The van der Waals surface area contributed by atoms with Gasteiger partial charge in [-0.05, 0) is 30.3 Å². The zero-order valence-electron chi connectivity index (χ0n) is 11.1. The topological polar surface area (TPSA) is 64.4 Å². The zero-order valence-corrected chi connectivity index (χ0v) is 11.9. The van der Waals surface area contributed by atoms with Crippen molar-refractivity contribution in [3.8, 4) is 5.75 Å². The van der Waals surface area contributed by atoms with Crippen molar-refractivity contribution in [2.75, 3.05) is 19.5 Å². The van der Waals surface area contributed by atoms with Crippen LogP contribution in [-0.2, 0) is 0 Å². The van der Waals surface area contributed by atoms with E-state index in [4.69, 9.17) is 4.74 Å². The summed E-state index contributed by atoms with van der Waals surface area (Å²) in [5.41, 5.74) is 0.589. The molecule has 0 saturated heterocycles. The van der Waals surface area contributed by atoms with E-state index >= 15 is 0 Å². The largest absolute Gasteiger partial charge is 0.497 e. The molecule has 0 aromatic heterocycles. The van der Waals surface area contributed by atoms with Crippen LogP contribution in [-0.4, -0.2) is 19.1 Å². The van der Waals surface area contributed by atoms with Crippen LogP contribution < -0.4 is 10.1 Å². The lowest BCUT2D eigenvalue weighted by molar-refractivity contribution is -0.386. The smallest absolute Gasteiger partial charge is 0.306 e. The number of nitro benzene ring substituents is 1. The minimum atomic E-state index is -0.367. The summed E-state index contributed by atoms with van der Waals surface area (Å²) in [6.45, 7) is 0. The SMILES string of the molecule is CNc1cccc(Sc2cccc(OC)c2)c1[N+](=O)[O-]. The molecule has 20 heavy (non-hydrogen) atoms. The predicted octanol–water partition coefficient (Wildman–Crippen LogP) is 3.80. The molecule has 0 amide bonds. The van der Waals surface area contributed by atoms with Crippen molar-refractivity contribution >= 4 is 23.1 Å². The van der Waals surface area contributed by atoms with Gasteiger partial charge in [0.2, 0.25) is 0 Å². The molecular weight excluding hydrogens is 276 g/mol. The number of benzene rings is 2. The molecule has 0 aliphatic carbocycles. The summed E-state index contributed by atoms with van der Waals surface area (Å²) in [4.78, 5) is 12.4. The highest BCUT2D eigenvalue weighted by Gasteiger charge is 2.19. The normalized spacial score (nSPS) is 10.1. The molecule has 1 N–H and O–H groups in total. The van der Waals surface area contributed by atoms with Gasteiger partial charge in [-0.25, -0.2) is 0 Å². The van der Waals surface area contributed by atoms with E-state index in [0.29, 0.717) is 10.6 Å². The Kier molecular flexibility index (Phi) is 4.47. The second-order valence-electron chi connectivity index (χ2n) is 3.94. The molecule has 0 radical (unpaired) electrons. The highest BCUT2D eigenvalue weighted by molar-refractivity contribution is 7.99. The number of anilines is 1. The van der Waals surface area contributed by atoms with Crippen molar-refractivity contribution in [1.29, 1.82) is 0 Å². The second-order valence-corrected chi connectivity index (χ2v) is 5.06. The molecule has 6 heteroatoms. The van der Waals surface area contributed by atoms with E-state index in [1.54, 1.807) is 32.4 Å². The molecule has 0 bridgehead atoms. The van der Waals surface area contributed by atoms with Gasteiger partial charge in [0.25, 0.3) is 0 Å². The van der Waals surface area contributed by atoms with Gasteiger partial charge in [0.1, 0.15) is 11.4 Å². The molecule has 0 spiro atoms. The first-order valence-corrected chi connectivity index (χ1v) is 6.74. The summed E-state index contributed by atoms with van der Waals surface area (Å²) in [7, 11) is 3.26. The van der Waals surface area contributed by atoms with Crippen molar-refractivity contribution < 1.29 is 9.66 Å². The van der Waals surface area contributed by atoms with Crippen LogP contribution in [0.1, 0.15) is 0 Å². The van der Waals surface area contributed by atoms with E-state index in [2.05, 4.69) is 5.32 Å². The molecule has 2 aromatic rings. The number of nitrogens with zero attached hydrogens (tertiary/aromatic N) is 1. The van der Waals surface area contributed by atoms with E-state index in [1.165, 1.54) is 11.8 Å².